The number of para-hydroxylation sites is 1. The van der Waals surface area contributed by atoms with E-state index in [4.69, 9.17) is 0 Å². The summed E-state index contributed by atoms with van der Waals surface area (Å²) >= 11 is 1.56. The molecule has 6 heteroatoms. The van der Waals surface area contributed by atoms with Gasteiger partial charge in [0.2, 0.25) is 11.8 Å². The van der Waals surface area contributed by atoms with Crippen molar-refractivity contribution in [2.45, 2.75) is 25.9 Å². The number of hydrogen-bond acceptors (Lipinski definition) is 4. The third-order valence-electron chi connectivity index (χ3n) is 4.79. The average Bonchev–Trinajstić information content (AvgIpc) is 3.31. The first kappa shape index (κ1) is 18.4. The molecule has 3 aromatic rings. The number of aromatic nitrogens is 1. The van der Waals surface area contributed by atoms with Gasteiger partial charge < -0.3 is 10.2 Å². The van der Waals surface area contributed by atoms with Crippen LogP contribution in [0.15, 0.2) is 54.6 Å². The first-order valence-electron chi connectivity index (χ1n) is 9.35. The third-order valence-corrected chi connectivity index (χ3v) is 5.79. The van der Waals surface area contributed by atoms with Crippen LogP contribution in [0.25, 0.3) is 16.3 Å². The van der Waals surface area contributed by atoms with E-state index < -0.39 is 0 Å². The number of likely N-dealkylation sites (tertiary alicyclic amines) is 1. The van der Waals surface area contributed by atoms with Crippen molar-refractivity contribution in [2.24, 2.45) is 0 Å². The Labute approximate surface area is 167 Å². The molecule has 1 N–H and O–H groups in total. The Morgan fingerprint density at radius 1 is 1.14 bits per heavy atom. The van der Waals surface area contributed by atoms with E-state index in [1.807, 2.05) is 53.4 Å². The molecule has 4 rings (SSSR count). The van der Waals surface area contributed by atoms with Crippen molar-refractivity contribution in [3.63, 3.8) is 0 Å². The lowest BCUT2D eigenvalue weighted by molar-refractivity contribution is -0.128. The van der Waals surface area contributed by atoms with Crippen molar-refractivity contribution in [3.05, 3.63) is 70.7 Å². The van der Waals surface area contributed by atoms with Crippen LogP contribution >= 0.6 is 11.3 Å². The van der Waals surface area contributed by atoms with Crippen LogP contribution < -0.4 is 5.32 Å². The molecule has 2 amide bonds. The summed E-state index contributed by atoms with van der Waals surface area (Å²) in [7, 11) is 0. The normalized spacial score (nSPS) is 14.3. The monoisotopic (exact) mass is 391 g/mol. The van der Waals surface area contributed by atoms with Crippen molar-refractivity contribution in [3.8, 4) is 0 Å². The fourth-order valence-corrected chi connectivity index (χ4v) is 4.18. The van der Waals surface area contributed by atoms with E-state index in [9.17, 15) is 9.59 Å². The zero-order chi connectivity index (χ0) is 19.3. The zero-order valence-corrected chi connectivity index (χ0v) is 16.2. The first-order chi connectivity index (χ1) is 13.7. The Bertz CT molecular complexity index is 1010. The van der Waals surface area contributed by atoms with Gasteiger partial charge in [-0.3, -0.25) is 9.59 Å². The molecular formula is C22H21N3O2S. The molecule has 0 aliphatic carbocycles. The maximum absolute atomic E-state index is 12.2. The molecule has 1 fully saturated rings. The van der Waals surface area contributed by atoms with Gasteiger partial charge in [-0.2, -0.15) is 0 Å². The SMILES string of the molecule is O=C(C=Cc1nc2ccccc2s1)NCc1ccccc1CN1CCCC1=O. The van der Waals surface area contributed by atoms with Crippen LogP contribution in [0, 0.1) is 0 Å². The molecule has 28 heavy (non-hydrogen) atoms. The Kier molecular flexibility index (Phi) is 5.48. The van der Waals surface area contributed by atoms with Crippen molar-refractivity contribution in [2.75, 3.05) is 6.54 Å². The summed E-state index contributed by atoms with van der Waals surface area (Å²) < 4.78 is 1.10. The van der Waals surface area contributed by atoms with E-state index in [0.717, 1.165) is 39.3 Å². The van der Waals surface area contributed by atoms with Crippen molar-refractivity contribution in [1.82, 2.24) is 15.2 Å². The van der Waals surface area contributed by atoms with Gasteiger partial charge in [0.15, 0.2) is 0 Å². The molecule has 1 aromatic heterocycles. The molecule has 0 unspecified atom stereocenters. The van der Waals surface area contributed by atoms with Gasteiger partial charge in [0.05, 0.1) is 10.2 Å². The summed E-state index contributed by atoms with van der Waals surface area (Å²) in [5.41, 5.74) is 3.05. The van der Waals surface area contributed by atoms with Crippen LogP contribution in [0.3, 0.4) is 0 Å². The number of nitrogens with zero attached hydrogens (tertiary/aromatic N) is 2. The minimum Gasteiger partial charge on any atom is -0.348 e. The van der Waals surface area contributed by atoms with Gasteiger partial charge in [-0.05, 0) is 35.8 Å². The van der Waals surface area contributed by atoms with Crippen LogP contribution in [-0.2, 0) is 22.7 Å². The molecule has 0 radical (unpaired) electrons. The number of nitrogens with one attached hydrogen (secondary N) is 1. The molecule has 1 aliphatic heterocycles. The standard InChI is InChI=1S/C22H21N3O2S/c26-20(11-12-21-24-18-8-3-4-9-19(18)28-21)23-14-16-6-1-2-7-17(16)15-25-13-5-10-22(25)27/h1-4,6-9,11-12H,5,10,13-15H2,(H,23,26). The fraction of sp³-hybridized carbons (Fsp3) is 0.227. The second-order valence-electron chi connectivity index (χ2n) is 6.76. The molecule has 5 nitrogen and oxygen atoms in total. The second-order valence-corrected chi connectivity index (χ2v) is 7.82. The summed E-state index contributed by atoms with van der Waals surface area (Å²) in [5.74, 6) is 0.0453. The highest BCUT2D eigenvalue weighted by atomic mass is 32.1. The first-order valence-corrected chi connectivity index (χ1v) is 10.2. The Hall–Kier alpha value is -2.99. The number of carbonyl (C=O) groups excluding carboxylic acids is 2. The number of fused-ring (bicyclic) bond motifs is 1. The van der Waals surface area contributed by atoms with Gasteiger partial charge in [0, 0.05) is 32.1 Å². The third kappa shape index (κ3) is 4.28. The highest BCUT2D eigenvalue weighted by Crippen LogP contribution is 2.22. The number of hydrogen-bond donors (Lipinski definition) is 1. The lowest BCUT2D eigenvalue weighted by atomic mass is 10.1. The van der Waals surface area contributed by atoms with E-state index >= 15 is 0 Å². The maximum Gasteiger partial charge on any atom is 0.244 e. The quantitative estimate of drug-likeness (QED) is 0.651. The van der Waals surface area contributed by atoms with E-state index in [1.165, 1.54) is 6.08 Å². The average molecular weight is 391 g/mol. The van der Waals surface area contributed by atoms with Crippen LogP contribution in [0.5, 0.6) is 0 Å². The van der Waals surface area contributed by atoms with Crippen LogP contribution in [-0.4, -0.2) is 28.2 Å². The molecule has 142 valence electrons. The maximum atomic E-state index is 12.2. The summed E-state index contributed by atoms with van der Waals surface area (Å²) in [6.07, 6.45) is 4.82. The Morgan fingerprint density at radius 2 is 1.93 bits per heavy atom. The highest BCUT2D eigenvalue weighted by Gasteiger charge is 2.20. The van der Waals surface area contributed by atoms with Crippen LogP contribution in [0.2, 0.25) is 0 Å². The molecule has 0 spiro atoms. The zero-order valence-electron chi connectivity index (χ0n) is 15.4. The summed E-state index contributed by atoms with van der Waals surface area (Å²) in [4.78, 5) is 30.5. The smallest absolute Gasteiger partial charge is 0.244 e. The van der Waals surface area contributed by atoms with Gasteiger partial charge in [0.25, 0.3) is 0 Å². The van der Waals surface area contributed by atoms with Gasteiger partial charge in [0.1, 0.15) is 5.01 Å². The lowest BCUT2D eigenvalue weighted by Crippen LogP contribution is -2.26. The molecular weight excluding hydrogens is 370 g/mol. The Morgan fingerprint density at radius 3 is 2.71 bits per heavy atom. The van der Waals surface area contributed by atoms with Crippen molar-refractivity contribution >= 4 is 39.4 Å². The molecule has 0 saturated carbocycles. The predicted molar refractivity (Wildman–Crippen MR) is 112 cm³/mol. The second kappa shape index (κ2) is 8.35. The molecule has 1 aliphatic rings. The molecule has 2 heterocycles. The van der Waals surface area contributed by atoms with Crippen LogP contribution in [0.1, 0.15) is 29.0 Å². The predicted octanol–water partition coefficient (Wildman–Crippen LogP) is 3.75. The Balaban J connectivity index is 1.37. The largest absolute Gasteiger partial charge is 0.348 e. The highest BCUT2D eigenvalue weighted by molar-refractivity contribution is 7.19. The van der Waals surface area contributed by atoms with Crippen LogP contribution in [0.4, 0.5) is 0 Å². The van der Waals surface area contributed by atoms with Crippen molar-refractivity contribution < 1.29 is 9.59 Å². The summed E-state index contributed by atoms with van der Waals surface area (Å²) in [5, 5.41) is 3.74. The summed E-state index contributed by atoms with van der Waals surface area (Å²) in [6.45, 7) is 1.85. The lowest BCUT2D eigenvalue weighted by Gasteiger charge is -2.18. The van der Waals surface area contributed by atoms with Gasteiger partial charge in [-0.15, -0.1) is 11.3 Å². The van der Waals surface area contributed by atoms with E-state index in [2.05, 4.69) is 10.3 Å². The summed E-state index contributed by atoms with van der Waals surface area (Å²) in [6, 6.07) is 15.8. The molecule has 0 bridgehead atoms. The molecule has 2 aromatic carbocycles. The number of amides is 2. The van der Waals surface area contributed by atoms with Gasteiger partial charge in [-0.25, -0.2) is 4.98 Å². The number of carbonyl (C=O) groups is 2. The van der Waals surface area contributed by atoms with E-state index in [1.54, 1.807) is 17.4 Å². The van der Waals surface area contributed by atoms with Crippen molar-refractivity contribution in [1.29, 1.82) is 0 Å². The molecule has 1 saturated heterocycles. The number of thiazole rings is 1. The number of benzene rings is 2. The van der Waals surface area contributed by atoms with Gasteiger partial charge in [-0.1, -0.05) is 36.4 Å². The van der Waals surface area contributed by atoms with E-state index in [0.29, 0.717) is 19.5 Å². The number of rotatable bonds is 6. The van der Waals surface area contributed by atoms with Gasteiger partial charge >= 0.3 is 0 Å². The van der Waals surface area contributed by atoms with E-state index in [-0.39, 0.29) is 11.8 Å². The molecule has 0 atom stereocenters. The fourth-order valence-electron chi connectivity index (χ4n) is 3.31. The minimum absolute atomic E-state index is 0.161. The topological polar surface area (TPSA) is 62.3 Å². The minimum atomic E-state index is -0.161.